The summed E-state index contributed by atoms with van der Waals surface area (Å²) in [7, 11) is 4.74. The molecule has 0 aliphatic carbocycles. The van der Waals surface area contributed by atoms with Crippen LogP contribution in [0.1, 0.15) is 6.92 Å². The summed E-state index contributed by atoms with van der Waals surface area (Å²) in [6.07, 6.45) is -1.14. The predicted molar refractivity (Wildman–Crippen MR) is 48.9 cm³/mol. The summed E-state index contributed by atoms with van der Waals surface area (Å²) in [4.78, 5) is 0. The topological polar surface area (TPSA) is 46.2 Å². The van der Waals surface area contributed by atoms with E-state index in [9.17, 15) is 0 Å². The van der Waals surface area contributed by atoms with Crippen molar-refractivity contribution in [2.24, 2.45) is 0 Å². The van der Waals surface area contributed by atoms with Gasteiger partial charge in [-0.1, -0.05) is 0 Å². The van der Waals surface area contributed by atoms with Crippen LogP contribution in [-0.2, 0) is 23.7 Å². The van der Waals surface area contributed by atoms with E-state index in [1.54, 1.807) is 21.3 Å². The summed E-state index contributed by atoms with van der Waals surface area (Å²) in [5.74, 6) is 0. The number of methoxy groups -OCH3 is 3. The summed E-state index contributed by atoms with van der Waals surface area (Å²) >= 11 is 0. The molecular formula is C9H18O5. The molecule has 14 heavy (non-hydrogen) atoms. The summed E-state index contributed by atoms with van der Waals surface area (Å²) in [6, 6.07) is 0. The van der Waals surface area contributed by atoms with Gasteiger partial charge in [0.1, 0.15) is 6.10 Å². The van der Waals surface area contributed by atoms with Gasteiger partial charge in [0.25, 0.3) is 0 Å². The molecule has 5 nitrogen and oxygen atoms in total. The molecule has 1 rings (SSSR count). The van der Waals surface area contributed by atoms with Crippen molar-refractivity contribution in [2.75, 3.05) is 27.9 Å². The molecule has 1 aliphatic rings. The fraction of sp³-hybridized carbons (Fsp3) is 1.00. The van der Waals surface area contributed by atoms with Gasteiger partial charge in [-0.2, -0.15) is 0 Å². The van der Waals surface area contributed by atoms with E-state index in [2.05, 4.69) is 0 Å². The Morgan fingerprint density at radius 1 is 1.00 bits per heavy atom. The summed E-state index contributed by atoms with van der Waals surface area (Å²) in [5.41, 5.74) is 0. The van der Waals surface area contributed by atoms with E-state index in [1.165, 1.54) is 0 Å². The van der Waals surface area contributed by atoms with E-state index >= 15 is 0 Å². The molecule has 0 radical (unpaired) electrons. The van der Waals surface area contributed by atoms with Crippen LogP contribution < -0.4 is 0 Å². The third-order valence-electron chi connectivity index (χ3n) is 2.20. The fourth-order valence-electron chi connectivity index (χ4n) is 1.38. The maximum Gasteiger partial charge on any atom is 0.209 e. The Morgan fingerprint density at radius 3 is 2.07 bits per heavy atom. The third-order valence-corrected chi connectivity index (χ3v) is 2.20. The minimum atomic E-state index is -0.489. The second-order valence-corrected chi connectivity index (χ2v) is 3.18. The highest BCUT2D eigenvalue weighted by Crippen LogP contribution is 2.21. The van der Waals surface area contributed by atoms with Gasteiger partial charge < -0.3 is 23.7 Å². The summed E-state index contributed by atoms with van der Waals surface area (Å²) in [5, 5.41) is 0. The summed E-state index contributed by atoms with van der Waals surface area (Å²) < 4.78 is 26.3. The van der Waals surface area contributed by atoms with Crippen LogP contribution in [0.15, 0.2) is 0 Å². The van der Waals surface area contributed by atoms with Crippen LogP contribution in [0.2, 0.25) is 0 Å². The molecule has 5 heteroatoms. The van der Waals surface area contributed by atoms with E-state index in [0.717, 1.165) is 0 Å². The van der Waals surface area contributed by atoms with Gasteiger partial charge in [0.05, 0.1) is 12.7 Å². The van der Waals surface area contributed by atoms with Gasteiger partial charge >= 0.3 is 0 Å². The minimum Gasteiger partial charge on any atom is -0.382 e. The smallest absolute Gasteiger partial charge is 0.209 e. The first kappa shape index (κ1) is 11.9. The Labute approximate surface area is 84.2 Å². The molecule has 2 unspecified atom stereocenters. The Bertz CT molecular complexity index is 163. The average Bonchev–Trinajstić information content (AvgIpc) is 2.20. The highest BCUT2D eigenvalue weighted by atomic mass is 16.8. The van der Waals surface area contributed by atoms with Gasteiger partial charge in [0, 0.05) is 21.3 Å². The molecule has 1 heterocycles. The zero-order chi connectivity index (χ0) is 10.6. The van der Waals surface area contributed by atoms with Gasteiger partial charge in [0.15, 0.2) is 0 Å². The fourth-order valence-corrected chi connectivity index (χ4v) is 1.38. The van der Waals surface area contributed by atoms with Gasteiger partial charge in [-0.15, -0.1) is 0 Å². The molecule has 0 bridgehead atoms. The Morgan fingerprint density at radius 2 is 1.57 bits per heavy atom. The first-order valence-electron chi connectivity index (χ1n) is 4.58. The first-order valence-corrected chi connectivity index (χ1v) is 4.58. The van der Waals surface area contributed by atoms with Gasteiger partial charge in [-0.3, -0.25) is 0 Å². The normalized spacial score (nSPS) is 38.6. The number of hydrogen-bond acceptors (Lipinski definition) is 5. The van der Waals surface area contributed by atoms with Gasteiger partial charge in [-0.25, -0.2) is 0 Å². The van der Waals surface area contributed by atoms with E-state index in [1.807, 2.05) is 6.92 Å². The molecular weight excluding hydrogens is 188 g/mol. The molecule has 1 saturated heterocycles. The molecule has 0 aromatic carbocycles. The molecule has 4 atom stereocenters. The van der Waals surface area contributed by atoms with Crippen LogP contribution in [0, 0.1) is 0 Å². The highest BCUT2D eigenvalue weighted by molar-refractivity contribution is 4.73. The maximum absolute atomic E-state index is 5.59. The molecule has 0 aromatic rings. The van der Waals surface area contributed by atoms with Gasteiger partial charge in [-0.05, 0) is 6.92 Å². The number of ether oxygens (including phenoxy) is 5. The predicted octanol–water partition coefficient (Wildman–Crippen LogP) is 0.382. The monoisotopic (exact) mass is 206 g/mol. The zero-order valence-electron chi connectivity index (χ0n) is 9.06. The highest BCUT2D eigenvalue weighted by Gasteiger charge is 2.36. The van der Waals surface area contributed by atoms with E-state index in [4.69, 9.17) is 23.7 Å². The van der Waals surface area contributed by atoms with E-state index in [-0.39, 0.29) is 12.2 Å². The number of rotatable bonds is 4. The Kier molecular flexibility index (Phi) is 4.77. The largest absolute Gasteiger partial charge is 0.382 e. The minimum absolute atomic E-state index is 0.0636. The summed E-state index contributed by atoms with van der Waals surface area (Å²) in [6.45, 7) is 2.40. The lowest BCUT2D eigenvalue weighted by Gasteiger charge is -2.38. The van der Waals surface area contributed by atoms with Crippen LogP contribution in [0.25, 0.3) is 0 Å². The lowest BCUT2D eigenvalue weighted by Crippen LogP contribution is -2.51. The number of hydrogen-bond donors (Lipinski definition) is 0. The molecule has 1 fully saturated rings. The van der Waals surface area contributed by atoms with Crippen molar-refractivity contribution in [2.45, 2.75) is 31.7 Å². The van der Waals surface area contributed by atoms with E-state index < -0.39 is 12.6 Å². The van der Waals surface area contributed by atoms with Crippen molar-refractivity contribution in [3.05, 3.63) is 0 Å². The molecule has 0 N–H and O–H groups in total. The Hall–Kier alpha value is -0.200. The van der Waals surface area contributed by atoms with Crippen LogP contribution in [0.4, 0.5) is 0 Å². The molecule has 0 spiro atoms. The second-order valence-electron chi connectivity index (χ2n) is 3.18. The molecule has 1 aliphatic heterocycles. The quantitative estimate of drug-likeness (QED) is 0.665. The van der Waals surface area contributed by atoms with Crippen molar-refractivity contribution in [3.8, 4) is 0 Å². The lowest BCUT2D eigenvalue weighted by molar-refractivity contribution is -0.351. The molecule has 0 aromatic heterocycles. The van der Waals surface area contributed by atoms with Crippen molar-refractivity contribution >= 4 is 0 Å². The average molecular weight is 206 g/mol. The van der Waals surface area contributed by atoms with Crippen molar-refractivity contribution in [1.82, 2.24) is 0 Å². The lowest BCUT2D eigenvalue weighted by atomic mass is 10.2. The van der Waals surface area contributed by atoms with Crippen LogP contribution in [-0.4, -0.2) is 52.7 Å². The van der Waals surface area contributed by atoms with E-state index in [0.29, 0.717) is 6.61 Å². The van der Waals surface area contributed by atoms with Crippen molar-refractivity contribution in [1.29, 1.82) is 0 Å². The Balaban J connectivity index is 2.52. The van der Waals surface area contributed by atoms with Crippen molar-refractivity contribution in [3.63, 3.8) is 0 Å². The standard InChI is InChI=1S/C9H18O5/c1-6-7(5-10-2)14-9(12-4)8(11-3)13-6/h6-9H,5H2,1-4H3/t6-,7?,8?,9+/m0/s1. The molecule has 84 valence electrons. The van der Waals surface area contributed by atoms with Crippen LogP contribution in [0.5, 0.6) is 0 Å². The molecule has 0 saturated carbocycles. The van der Waals surface area contributed by atoms with Crippen molar-refractivity contribution < 1.29 is 23.7 Å². The SMILES string of the molecule is COCC1O[C@@H](OC)C(OC)O[C@H]1C. The van der Waals surface area contributed by atoms with Gasteiger partial charge in [0.2, 0.25) is 12.6 Å². The third kappa shape index (κ3) is 2.65. The second kappa shape index (κ2) is 5.63. The maximum atomic E-state index is 5.59. The first-order chi connectivity index (χ1) is 6.72. The van der Waals surface area contributed by atoms with Crippen LogP contribution in [0.3, 0.4) is 0 Å². The van der Waals surface area contributed by atoms with Crippen LogP contribution >= 0.6 is 0 Å². The zero-order valence-corrected chi connectivity index (χ0v) is 9.06. The molecule has 0 amide bonds.